The molecule has 136 valence electrons. The van der Waals surface area contributed by atoms with E-state index in [4.69, 9.17) is 0 Å². The van der Waals surface area contributed by atoms with E-state index in [1.54, 1.807) is 35.8 Å². The number of rotatable bonds is 7. The minimum atomic E-state index is -3.58. The number of carbonyl (C=O) groups is 1. The highest BCUT2D eigenvalue weighted by molar-refractivity contribution is 7.89. The van der Waals surface area contributed by atoms with E-state index in [9.17, 15) is 13.2 Å². The summed E-state index contributed by atoms with van der Waals surface area (Å²) in [6.07, 6.45) is 1.68. The van der Waals surface area contributed by atoms with E-state index < -0.39 is 10.0 Å². The third-order valence-electron chi connectivity index (χ3n) is 3.82. The van der Waals surface area contributed by atoms with Gasteiger partial charge in [0.15, 0.2) is 0 Å². The number of amides is 1. The van der Waals surface area contributed by atoms with Gasteiger partial charge in [0.25, 0.3) is 5.91 Å². The zero-order valence-electron chi connectivity index (χ0n) is 14.2. The minimum Gasteiger partial charge on any atom is -0.322 e. The van der Waals surface area contributed by atoms with E-state index in [2.05, 4.69) is 15.0 Å². The van der Waals surface area contributed by atoms with Crippen LogP contribution in [-0.4, -0.2) is 25.9 Å². The van der Waals surface area contributed by atoms with Gasteiger partial charge in [-0.1, -0.05) is 19.4 Å². The number of nitrogens with zero attached hydrogens (tertiary/aromatic N) is 1. The summed E-state index contributed by atoms with van der Waals surface area (Å²) in [5.41, 5.74) is 3.50. The fraction of sp³-hybridized carbons (Fsp3) is 0.222. The first-order valence-corrected chi connectivity index (χ1v) is 10.6. The lowest BCUT2D eigenvalue weighted by atomic mass is 10.2. The van der Waals surface area contributed by atoms with Gasteiger partial charge in [-0.05, 0) is 42.8 Å². The van der Waals surface area contributed by atoms with Gasteiger partial charge in [0.2, 0.25) is 10.0 Å². The molecule has 0 aliphatic rings. The van der Waals surface area contributed by atoms with E-state index in [1.807, 2.05) is 6.92 Å². The minimum absolute atomic E-state index is 0.129. The summed E-state index contributed by atoms with van der Waals surface area (Å²) in [6, 6.07) is 11.5. The van der Waals surface area contributed by atoms with Crippen molar-refractivity contribution >= 4 is 43.2 Å². The predicted octanol–water partition coefficient (Wildman–Crippen LogP) is 3.63. The van der Waals surface area contributed by atoms with Crippen LogP contribution in [0.15, 0.2) is 52.9 Å². The lowest BCUT2D eigenvalue weighted by Crippen LogP contribution is -2.24. The number of aromatic nitrogens is 1. The molecular formula is C18H19N3O3S2. The molecule has 26 heavy (non-hydrogen) atoms. The Kier molecular flexibility index (Phi) is 5.65. The molecule has 2 aromatic carbocycles. The molecule has 0 saturated carbocycles. The first kappa shape index (κ1) is 18.5. The molecule has 3 aromatic rings. The van der Waals surface area contributed by atoms with Crippen molar-refractivity contribution in [2.45, 2.75) is 24.7 Å². The third kappa shape index (κ3) is 4.27. The first-order chi connectivity index (χ1) is 12.5. The van der Waals surface area contributed by atoms with Gasteiger partial charge in [-0.25, -0.2) is 18.1 Å². The number of hydrogen-bond donors (Lipinski definition) is 2. The van der Waals surface area contributed by atoms with Crippen molar-refractivity contribution in [1.82, 2.24) is 9.71 Å². The number of fused-ring (bicyclic) bond motifs is 1. The van der Waals surface area contributed by atoms with Crippen LogP contribution in [0.3, 0.4) is 0 Å². The zero-order valence-corrected chi connectivity index (χ0v) is 15.9. The van der Waals surface area contributed by atoms with Crippen LogP contribution in [0.25, 0.3) is 10.2 Å². The van der Waals surface area contributed by atoms with Crippen LogP contribution in [0.4, 0.5) is 5.69 Å². The number of benzene rings is 2. The summed E-state index contributed by atoms with van der Waals surface area (Å²) in [5, 5.41) is 2.75. The second-order valence-corrected chi connectivity index (χ2v) is 8.42. The summed E-state index contributed by atoms with van der Waals surface area (Å²) < 4.78 is 28.1. The molecule has 1 heterocycles. The van der Waals surface area contributed by atoms with Gasteiger partial charge >= 0.3 is 0 Å². The van der Waals surface area contributed by atoms with Crippen molar-refractivity contribution in [3.05, 3.63) is 53.5 Å². The van der Waals surface area contributed by atoms with Crippen LogP contribution in [0.2, 0.25) is 0 Å². The summed E-state index contributed by atoms with van der Waals surface area (Å²) in [7, 11) is -3.58. The van der Waals surface area contributed by atoms with Gasteiger partial charge in [-0.15, -0.1) is 11.3 Å². The Labute approximate surface area is 156 Å². The van der Waals surface area contributed by atoms with Crippen molar-refractivity contribution in [3.63, 3.8) is 0 Å². The number of carbonyl (C=O) groups excluding carboxylic acids is 1. The number of sulfonamides is 1. The molecular weight excluding hydrogens is 370 g/mol. The standard InChI is InChI=1S/C18H19N3O3S2/c1-2-3-9-20-26(23,24)15-6-4-5-14(11-15)21-18(22)13-7-8-16-17(10-13)25-12-19-16/h4-8,10-12,20H,2-3,9H2,1H3,(H,21,22). The third-order valence-corrected chi connectivity index (χ3v) is 6.07. The molecule has 1 aromatic heterocycles. The molecule has 0 aliphatic carbocycles. The van der Waals surface area contributed by atoms with Crippen molar-refractivity contribution in [1.29, 1.82) is 0 Å². The maximum Gasteiger partial charge on any atom is 0.255 e. The number of hydrogen-bond acceptors (Lipinski definition) is 5. The van der Waals surface area contributed by atoms with Gasteiger partial charge in [0, 0.05) is 17.8 Å². The number of anilines is 1. The molecule has 1 amide bonds. The Morgan fingerprint density at radius 3 is 2.85 bits per heavy atom. The average molecular weight is 390 g/mol. The number of thiazole rings is 1. The Balaban J connectivity index is 1.76. The summed E-state index contributed by atoms with van der Waals surface area (Å²) in [4.78, 5) is 16.8. The summed E-state index contributed by atoms with van der Waals surface area (Å²) >= 11 is 1.46. The maximum absolute atomic E-state index is 12.5. The molecule has 0 radical (unpaired) electrons. The zero-order chi connectivity index (χ0) is 18.6. The Bertz CT molecular complexity index is 1030. The van der Waals surface area contributed by atoms with Gasteiger partial charge in [-0.2, -0.15) is 0 Å². The van der Waals surface area contributed by atoms with Crippen LogP contribution in [0.1, 0.15) is 30.1 Å². The molecule has 2 N–H and O–H groups in total. The van der Waals surface area contributed by atoms with Gasteiger partial charge < -0.3 is 5.32 Å². The molecule has 3 rings (SSSR count). The van der Waals surface area contributed by atoms with Gasteiger partial charge in [-0.3, -0.25) is 4.79 Å². The average Bonchev–Trinajstić information content (AvgIpc) is 3.10. The van der Waals surface area contributed by atoms with Crippen molar-refractivity contribution in [2.75, 3.05) is 11.9 Å². The van der Waals surface area contributed by atoms with E-state index in [1.165, 1.54) is 23.5 Å². The quantitative estimate of drug-likeness (QED) is 0.604. The molecule has 8 heteroatoms. The smallest absolute Gasteiger partial charge is 0.255 e. The van der Waals surface area contributed by atoms with E-state index in [0.717, 1.165) is 23.1 Å². The highest BCUT2D eigenvalue weighted by atomic mass is 32.2. The molecule has 0 unspecified atom stereocenters. The largest absolute Gasteiger partial charge is 0.322 e. The van der Waals surface area contributed by atoms with Crippen LogP contribution < -0.4 is 10.0 Å². The topological polar surface area (TPSA) is 88.2 Å². The second kappa shape index (κ2) is 7.94. The lowest BCUT2D eigenvalue weighted by molar-refractivity contribution is 0.102. The predicted molar refractivity (Wildman–Crippen MR) is 104 cm³/mol. The van der Waals surface area contributed by atoms with E-state index >= 15 is 0 Å². The van der Waals surface area contributed by atoms with Crippen LogP contribution in [-0.2, 0) is 10.0 Å². The number of unbranched alkanes of at least 4 members (excludes halogenated alkanes) is 1. The lowest BCUT2D eigenvalue weighted by Gasteiger charge is -2.09. The van der Waals surface area contributed by atoms with Crippen molar-refractivity contribution in [3.8, 4) is 0 Å². The Hall–Kier alpha value is -2.29. The fourth-order valence-corrected chi connectivity index (χ4v) is 4.24. The van der Waals surface area contributed by atoms with Crippen LogP contribution in [0, 0.1) is 0 Å². The molecule has 0 bridgehead atoms. The van der Waals surface area contributed by atoms with E-state index in [-0.39, 0.29) is 10.8 Å². The second-order valence-electron chi connectivity index (χ2n) is 5.77. The molecule has 0 saturated heterocycles. The van der Waals surface area contributed by atoms with Gasteiger partial charge in [0.1, 0.15) is 0 Å². The summed E-state index contributed by atoms with van der Waals surface area (Å²) in [6.45, 7) is 2.39. The van der Waals surface area contributed by atoms with Crippen LogP contribution in [0.5, 0.6) is 0 Å². The highest BCUT2D eigenvalue weighted by Crippen LogP contribution is 2.21. The first-order valence-electron chi connectivity index (χ1n) is 8.24. The molecule has 0 spiro atoms. The fourth-order valence-electron chi connectivity index (χ4n) is 2.41. The summed E-state index contributed by atoms with van der Waals surface area (Å²) in [5.74, 6) is -0.297. The van der Waals surface area contributed by atoms with E-state index in [0.29, 0.717) is 17.8 Å². The molecule has 6 nitrogen and oxygen atoms in total. The molecule has 0 atom stereocenters. The Morgan fingerprint density at radius 1 is 1.19 bits per heavy atom. The normalized spacial score (nSPS) is 11.6. The molecule has 0 aliphatic heterocycles. The van der Waals surface area contributed by atoms with Crippen molar-refractivity contribution < 1.29 is 13.2 Å². The Morgan fingerprint density at radius 2 is 2.04 bits per heavy atom. The maximum atomic E-state index is 12.5. The highest BCUT2D eigenvalue weighted by Gasteiger charge is 2.15. The monoisotopic (exact) mass is 389 g/mol. The molecule has 0 fully saturated rings. The number of nitrogens with one attached hydrogen (secondary N) is 2. The van der Waals surface area contributed by atoms with Gasteiger partial charge in [0.05, 0.1) is 20.6 Å². The van der Waals surface area contributed by atoms with Crippen LogP contribution >= 0.6 is 11.3 Å². The SMILES string of the molecule is CCCCNS(=O)(=O)c1cccc(NC(=O)c2ccc3ncsc3c2)c1. The van der Waals surface area contributed by atoms with Crippen molar-refractivity contribution in [2.24, 2.45) is 0 Å².